The minimum Gasteiger partial charge on any atom is -0.508 e. The van der Waals surface area contributed by atoms with Crippen LogP contribution in [0.2, 0.25) is 0 Å². The van der Waals surface area contributed by atoms with Gasteiger partial charge in [-0.1, -0.05) is 42.5 Å². The third-order valence-corrected chi connectivity index (χ3v) is 3.23. The number of hydrogen-bond donors (Lipinski definition) is 3. The van der Waals surface area contributed by atoms with E-state index in [1.165, 1.54) is 12.1 Å². The van der Waals surface area contributed by atoms with E-state index in [0.717, 1.165) is 0 Å². The molecule has 6 nitrogen and oxygen atoms in total. The Hall–Kier alpha value is -2.70. The molecule has 0 amide bonds. The van der Waals surface area contributed by atoms with E-state index in [4.69, 9.17) is 5.73 Å². The second-order valence-electron chi connectivity index (χ2n) is 5.03. The molecule has 2 aromatic rings. The van der Waals surface area contributed by atoms with Crippen LogP contribution in [0.15, 0.2) is 54.6 Å². The van der Waals surface area contributed by atoms with Gasteiger partial charge in [0.2, 0.25) is 0 Å². The average molecular weight is 315 g/mol. The Balaban J connectivity index is 1.92. The van der Waals surface area contributed by atoms with E-state index >= 15 is 0 Å². The van der Waals surface area contributed by atoms with Crippen molar-refractivity contribution in [3.05, 3.63) is 65.7 Å². The highest BCUT2D eigenvalue weighted by molar-refractivity contribution is 5.90. The van der Waals surface area contributed by atoms with Crippen molar-refractivity contribution in [1.29, 1.82) is 0 Å². The minimum atomic E-state index is -1.54. The number of rotatable bonds is 5. The first-order valence-electron chi connectivity index (χ1n) is 6.99. The van der Waals surface area contributed by atoms with E-state index in [2.05, 4.69) is 4.74 Å². The van der Waals surface area contributed by atoms with Gasteiger partial charge in [0, 0.05) is 0 Å². The maximum atomic E-state index is 11.8. The molecule has 0 aliphatic carbocycles. The number of carbonyl (C=O) groups is 2. The van der Waals surface area contributed by atoms with E-state index in [-0.39, 0.29) is 12.2 Å². The molecule has 4 N–H and O–H groups in total. The smallest absolute Gasteiger partial charge is 0.347 e. The molecule has 0 saturated heterocycles. The molecular weight excluding hydrogens is 298 g/mol. The molecule has 0 fully saturated rings. The highest BCUT2D eigenvalue weighted by Gasteiger charge is 2.25. The molecule has 2 rings (SSSR count). The second kappa shape index (κ2) is 7.53. The lowest BCUT2D eigenvalue weighted by atomic mass is 10.1. The lowest BCUT2D eigenvalue weighted by molar-refractivity contribution is -0.167. The number of aliphatic hydroxyl groups excluding tert-OH is 1. The van der Waals surface area contributed by atoms with Crippen LogP contribution < -0.4 is 5.73 Å². The van der Waals surface area contributed by atoms with Crippen LogP contribution in [0, 0.1) is 0 Å². The van der Waals surface area contributed by atoms with Gasteiger partial charge in [0.05, 0.1) is 0 Å². The van der Waals surface area contributed by atoms with Crippen molar-refractivity contribution >= 4 is 11.9 Å². The summed E-state index contributed by atoms with van der Waals surface area (Å²) in [6.45, 7) is 0. The lowest BCUT2D eigenvalue weighted by Gasteiger charge is -2.13. The zero-order valence-corrected chi connectivity index (χ0v) is 12.3. The highest BCUT2D eigenvalue weighted by atomic mass is 16.6. The Morgan fingerprint density at radius 2 is 1.61 bits per heavy atom. The number of hydrogen-bond acceptors (Lipinski definition) is 6. The quantitative estimate of drug-likeness (QED) is 0.562. The third-order valence-electron chi connectivity index (χ3n) is 3.23. The van der Waals surface area contributed by atoms with Gasteiger partial charge in [-0.3, -0.25) is 0 Å². The molecule has 0 aliphatic heterocycles. The lowest BCUT2D eigenvalue weighted by Crippen LogP contribution is -2.36. The molecule has 1 unspecified atom stereocenters. The Morgan fingerprint density at radius 3 is 2.22 bits per heavy atom. The first kappa shape index (κ1) is 16.7. The molecule has 23 heavy (non-hydrogen) atoms. The molecule has 120 valence electrons. The number of phenolic OH excluding ortho intramolecular Hbond substituents is 1. The number of carbonyl (C=O) groups excluding carboxylic acids is 2. The van der Waals surface area contributed by atoms with Gasteiger partial charge in [-0.05, 0) is 29.7 Å². The van der Waals surface area contributed by atoms with Gasteiger partial charge in [0.15, 0.2) is 6.10 Å². The van der Waals surface area contributed by atoms with Crippen molar-refractivity contribution in [3.63, 3.8) is 0 Å². The Kier molecular flexibility index (Phi) is 5.46. The summed E-state index contributed by atoms with van der Waals surface area (Å²) in [4.78, 5) is 23.6. The van der Waals surface area contributed by atoms with Crippen molar-refractivity contribution in [3.8, 4) is 5.75 Å². The van der Waals surface area contributed by atoms with Gasteiger partial charge in [-0.2, -0.15) is 0 Å². The molecule has 2 atom stereocenters. The van der Waals surface area contributed by atoms with Crippen molar-refractivity contribution in [1.82, 2.24) is 0 Å². The fraction of sp³-hybridized carbons (Fsp3) is 0.176. The van der Waals surface area contributed by atoms with Gasteiger partial charge in [0.1, 0.15) is 11.8 Å². The van der Waals surface area contributed by atoms with Crippen molar-refractivity contribution in [2.75, 3.05) is 0 Å². The Labute approximate surface area is 133 Å². The first-order chi connectivity index (χ1) is 11.0. The fourth-order valence-electron chi connectivity index (χ4n) is 1.97. The number of phenols is 1. The standard InChI is InChI=1S/C17H17NO5/c18-14(10-11-6-8-13(19)9-7-11)16(21)23-17(22)15(20)12-4-2-1-3-5-12/h1-9,14-15,19-20H,10,18H2/t14-,15?/m0/s1. The molecule has 0 aliphatic rings. The summed E-state index contributed by atoms with van der Waals surface area (Å²) in [6, 6.07) is 13.3. The highest BCUT2D eigenvalue weighted by Crippen LogP contribution is 2.15. The summed E-state index contributed by atoms with van der Waals surface area (Å²) in [6.07, 6.45) is -1.39. The van der Waals surface area contributed by atoms with Crippen LogP contribution in [-0.2, 0) is 20.7 Å². The zero-order chi connectivity index (χ0) is 16.8. The number of aliphatic hydroxyl groups is 1. The van der Waals surface area contributed by atoms with E-state index in [1.807, 2.05) is 0 Å². The number of esters is 2. The molecule has 0 heterocycles. The van der Waals surface area contributed by atoms with Crippen LogP contribution in [0.3, 0.4) is 0 Å². The predicted molar refractivity (Wildman–Crippen MR) is 82.3 cm³/mol. The average Bonchev–Trinajstić information content (AvgIpc) is 2.56. The fourth-order valence-corrected chi connectivity index (χ4v) is 1.97. The van der Waals surface area contributed by atoms with Crippen LogP contribution >= 0.6 is 0 Å². The molecule has 0 bridgehead atoms. The van der Waals surface area contributed by atoms with Crippen LogP contribution in [-0.4, -0.2) is 28.2 Å². The molecule has 0 spiro atoms. The maximum absolute atomic E-state index is 11.8. The molecular formula is C17H17NO5. The number of nitrogens with two attached hydrogens (primary N) is 1. The Morgan fingerprint density at radius 1 is 1.00 bits per heavy atom. The van der Waals surface area contributed by atoms with E-state index in [1.54, 1.807) is 42.5 Å². The summed E-state index contributed by atoms with van der Waals surface area (Å²) in [7, 11) is 0. The third kappa shape index (κ3) is 4.64. The second-order valence-corrected chi connectivity index (χ2v) is 5.03. The number of benzene rings is 2. The van der Waals surface area contributed by atoms with Gasteiger partial charge in [-0.15, -0.1) is 0 Å². The van der Waals surface area contributed by atoms with Crippen molar-refractivity contribution in [2.24, 2.45) is 5.73 Å². The van der Waals surface area contributed by atoms with Crippen LogP contribution in [0.25, 0.3) is 0 Å². The topological polar surface area (TPSA) is 110 Å². The zero-order valence-electron chi connectivity index (χ0n) is 12.3. The predicted octanol–water partition coefficient (Wildman–Crippen LogP) is 1.07. The number of aromatic hydroxyl groups is 1. The van der Waals surface area contributed by atoms with Crippen molar-refractivity contribution < 1.29 is 24.5 Å². The SMILES string of the molecule is N[C@@H](Cc1ccc(O)cc1)C(=O)OC(=O)C(O)c1ccccc1. The van der Waals surface area contributed by atoms with Crippen LogP contribution in [0.4, 0.5) is 0 Å². The maximum Gasteiger partial charge on any atom is 0.347 e. The van der Waals surface area contributed by atoms with Gasteiger partial charge >= 0.3 is 11.9 Å². The molecule has 0 saturated carbocycles. The molecule has 0 radical (unpaired) electrons. The molecule has 0 aromatic heterocycles. The van der Waals surface area contributed by atoms with E-state index < -0.39 is 24.1 Å². The summed E-state index contributed by atoms with van der Waals surface area (Å²) in [5.41, 5.74) is 6.75. The Bertz CT molecular complexity index is 669. The van der Waals surface area contributed by atoms with Gasteiger partial charge in [0.25, 0.3) is 0 Å². The summed E-state index contributed by atoms with van der Waals surface area (Å²) < 4.78 is 4.62. The first-order valence-corrected chi connectivity index (χ1v) is 6.99. The van der Waals surface area contributed by atoms with E-state index in [9.17, 15) is 19.8 Å². The monoisotopic (exact) mass is 315 g/mol. The van der Waals surface area contributed by atoms with E-state index in [0.29, 0.717) is 11.1 Å². The summed E-state index contributed by atoms with van der Waals surface area (Å²) in [5, 5.41) is 19.0. The van der Waals surface area contributed by atoms with Gasteiger partial charge < -0.3 is 20.7 Å². The molecule has 2 aromatic carbocycles. The molecule has 6 heteroatoms. The van der Waals surface area contributed by atoms with Crippen LogP contribution in [0.1, 0.15) is 17.2 Å². The summed E-state index contributed by atoms with van der Waals surface area (Å²) in [5.74, 6) is -1.88. The number of ether oxygens (including phenoxy) is 1. The minimum absolute atomic E-state index is 0.103. The van der Waals surface area contributed by atoms with Crippen molar-refractivity contribution in [2.45, 2.75) is 18.6 Å². The normalized spacial score (nSPS) is 13.1. The largest absolute Gasteiger partial charge is 0.508 e. The summed E-state index contributed by atoms with van der Waals surface area (Å²) >= 11 is 0. The van der Waals surface area contributed by atoms with Crippen LogP contribution in [0.5, 0.6) is 5.75 Å². The van der Waals surface area contributed by atoms with Gasteiger partial charge in [-0.25, -0.2) is 9.59 Å².